The second-order valence-corrected chi connectivity index (χ2v) is 4.48. The molecule has 1 aromatic rings. The van der Waals surface area contributed by atoms with Gasteiger partial charge < -0.3 is 5.11 Å². The highest BCUT2D eigenvalue weighted by atomic mass is 19.1. The van der Waals surface area contributed by atoms with E-state index in [4.69, 9.17) is 0 Å². The van der Waals surface area contributed by atoms with E-state index in [0.29, 0.717) is 18.4 Å². The van der Waals surface area contributed by atoms with Crippen LogP contribution in [0.3, 0.4) is 0 Å². The highest BCUT2D eigenvalue weighted by Crippen LogP contribution is 2.14. The molecule has 3 heteroatoms. The molecule has 1 rings (SSSR count). The molecule has 0 heterocycles. The lowest BCUT2D eigenvalue weighted by atomic mass is 9.99. The van der Waals surface area contributed by atoms with Crippen molar-refractivity contribution < 1.29 is 13.9 Å². The molecule has 1 atom stereocenters. The number of aliphatic hydroxyl groups is 1. The Bertz CT molecular complexity index is 316. The van der Waals surface area contributed by atoms with Crippen LogP contribution in [0.25, 0.3) is 0 Å². The summed E-state index contributed by atoms with van der Waals surface area (Å²) in [4.78, 5) is 0. The van der Waals surface area contributed by atoms with Crippen LogP contribution in [0, 0.1) is 17.6 Å². The van der Waals surface area contributed by atoms with Crippen LogP contribution in [0.5, 0.6) is 0 Å². The minimum absolute atomic E-state index is 0.226. The fraction of sp³-hybridized carbons (Fsp3) is 0.538. The number of aryl methyl sites for hydroxylation is 1. The van der Waals surface area contributed by atoms with Crippen LogP contribution in [-0.4, -0.2) is 11.2 Å². The molecule has 0 aliphatic carbocycles. The van der Waals surface area contributed by atoms with Gasteiger partial charge in [0.25, 0.3) is 0 Å². The molecule has 0 aliphatic heterocycles. The van der Waals surface area contributed by atoms with Gasteiger partial charge in [0.1, 0.15) is 11.6 Å². The van der Waals surface area contributed by atoms with Crippen LogP contribution < -0.4 is 0 Å². The largest absolute Gasteiger partial charge is 0.393 e. The normalized spacial score (nSPS) is 13.1. The van der Waals surface area contributed by atoms with Gasteiger partial charge in [0.2, 0.25) is 0 Å². The SMILES string of the molecule is CC(C)C(O)CCCc1cc(F)cc(F)c1. The van der Waals surface area contributed by atoms with Crippen LogP contribution in [0.4, 0.5) is 8.78 Å². The summed E-state index contributed by atoms with van der Waals surface area (Å²) in [5.74, 6) is -0.858. The molecule has 1 N–H and O–H groups in total. The number of aliphatic hydroxyl groups excluding tert-OH is 1. The third-order valence-corrected chi connectivity index (χ3v) is 2.66. The number of benzene rings is 1. The van der Waals surface area contributed by atoms with Gasteiger partial charge in [-0.25, -0.2) is 8.78 Å². The number of halogens is 2. The molecule has 1 aromatic carbocycles. The molecule has 1 nitrogen and oxygen atoms in total. The fourth-order valence-corrected chi connectivity index (χ4v) is 1.60. The smallest absolute Gasteiger partial charge is 0.126 e. The first kappa shape index (κ1) is 13.1. The van der Waals surface area contributed by atoms with E-state index in [2.05, 4.69) is 0 Å². The van der Waals surface area contributed by atoms with Crippen LogP contribution >= 0.6 is 0 Å². The van der Waals surface area contributed by atoms with Crippen molar-refractivity contribution in [2.24, 2.45) is 5.92 Å². The van der Waals surface area contributed by atoms with Crippen LogP contribution in [0.2, 0.25) is 0 Å². The fourth-order valence-electron chi connectivity index (χ4n) is 1.60. The quantitative estimate of drug-likeness (QED) is 0.819. The second kappa shape index (κ2) is 5.94. The standard InChI is InChI=1S/C13H18F2O/c1-9(2)13(16)5-3-4-10-6-11(14)8-12(15)7-10/h6-9,13,16H,3-5H2,1-2H3. The lowest BCUT2D eigenvalue weighted by molar-refractivity contribution is 0.114. The molecule has 16 heavy (non-hydrogen) atoms. The summed E-state index contributed by atoms with van der Waals surface area (Å²) in [6.07, 6.45) is 1.66. The Morgan fingerprint density at radius 2 is 1.69 bits per heavy atom. The lowest BCUT2D eigenvalue weighted by Gasteiger charge is -2.13. The zero-order valence-electron chi connectivity index (χ0n) is 9.71. The predicted molar refractivity (Wildman–Crippen MR) is 60.1 cm³/mol. The maximum Gasteiger partial charge on any atom is 0.126 e. The molecule has 0 saturated carbocycles. The van der Waals surface area contributed by atoms with E-state index in [-0.39, 0.29) is 12.0 Å². The first-order valence-electron chi connectivity index (χ1n) is 5.62. The Morgan fingerprint density at radius 1 is 1.12 bits per heavy atom. The molecule has 0 radical (unpaired) electrons. The predicted octanol–water partition coefficient (Wildman–Crippen LogP) is 3.30. The van der Waals surface area contributed by atoms with Crippen molar-refractivity contribution in [1.29, 1.82) is 0 Å². The van der Waals surface area contributed by atoms with Gasteiger partial charge >= 0.3 is 0 Å². The Balaban J connectivity index is 2.43. The summed E-state index contributed by atoms with van der Waals surface area (Å²) in [5, 5.41) is 9.57. The topological polar surface area (TPSA) is 20.2 Å². The maximum absolute atomic E-state index is 12.9. The van der Waals surface area contributed by atoms with Gasteiger partial charge in [0.15, 0.2) is 0 Å². The minimum Gasteiger partial charge on any atom is -0.393 e. The average Bonchev–Trinajstić information content (AvgIpc) is 2.15. The van der Waals surface area contributed by atoms with Crippen molar-refractivity contribution >= 4 is 0 Å². The lowest BCUT2D eigenvalue weighted by Crippen LogP contribution is -2.14. The number of hydrogen-bond acceptors (Lipinski definition) is 1. The molecule has 90 valence electrons. The number of rotatable bonds is 5. The first-order chi connectivity index (χ1) is 7.49. The zero-order valence-corrected chi connectivity index (χ0v) is 9.71. The van der Waals surface area contributed by atoms with Gasteiger partial charge in [-0.1, -0.05) is 13.8 Å². The highest BCUT2D eigenvalue weighted by molar-refractivity contribution is 5.17. The van der Waals surface area contributed by atoms with Gasteiger partial charge in [-0.05, 0) is 42.9 Å². The maximum atomic E-state index is 12.9. The first-order valence-corrected chi connectivity index (χ1v) is 5.62. The van der Waals surface area contributed by atoms with Crippen LogP contribution in [-0.2, 0) is 6.42 Å². The molecule has 0 amide bonds. The van der Waals surface area contributed by atoms with E-state index in [0.717, 1.165) is 12.5 Å². The van der Waals surface area contributed by atoms with Gasteiger partial charge in [-0.3, -0.25) is 0 Å². The third kappa shape index (κ3) is 4.27. The Hall–Kier alpha value is -0.960. The Kier molecular flexibility index (Phi) is 4.87. The minimum atomic E-state index is -0.542. The van der Waals surface area contributed by atoms with E-state index in [9.17, 15) is 13.9 Å². The van der Waals surface area contributed by atoms with Crippen molar-refractivity contribution in [2.75, 3.05) is 0 Å². The molecule has 0 spiro atoms. The summed E-state index contributed by atoms with van der Waals surface area (Å²) in [6, 6.07) is 3.54. The molecular weight excluding hydrogens is 210 g/mol. The highest BCUT2D eigenvalue weighted by Gasteiger charge is 2.08. The van der Waals surface area contributed by atoms with Crippen molar-refractivity contribution in [3.8, 4) is 0 Å². The van der Waals surface area contributed by atoms with E-state index in [1.54, 1.807) is 0 Å². The van der Waals surface area contributed by atoms with Crippen molar-refractivity contribution in [3.05, 3.63) is 35.4 Å². The van der Waals surface area contributed by atoms with E-state index in [1.807, 2.05) is 13.8 Å². The van der Waals surface area contributed by atoms with Crippen LogP contribution in [0.15, 0.2) is 18.2 Å². The summed E-state index contributed by atoms with van der Waals surface area (Å²) in [6.45, 7) is 3.90. The Morgan fingerprint density at radius 3 is 2.19 bits per heavy atom. The molecule has 1 unspecified atom stereocenters. The van der Waals surface area contributed by atoms with E-state index < -0.39 is 11.6 Å². The third-order valence-electron chi connectivity index (χ3n) is 2.66. The summed E-state index contributed by atoms with van der Waals surface area (Å²) < 4.78 is 25.7. The molecule has 0 aliphatic rings. The molecular formula is C13H18F2O. The van der Waals surface area contributed by atoms with Gasteiger partial charge in [0.05, 0.1) is 6.10 Å². The molecule has 0 fully saturated rings. The zero-order chi connectivity index (χ0) is 12.1. The van der Waals surface area contributed by atoms with Gasteiger partial charge in [-0.15, -0.1) is 0 Å². The van der Waals surface area contributed by atoms with Gasteiger partial charge in [-0.2, -0.15) is 0 Å². The molecule has 0 bridgehead atoms. The average molecular weight is 228 g/mol. The van der Waals surface area contributed by atoms with E-state index >= 15 is 0 Å². The van der Waals surface area contributed by atoms with Crippen molar-refractivity contribution in [3.63, 3.8) is 0 Å². The van der Waals surface area contributed by atoms with Crippen LogP contribution in [0.1, 0.15) is 32.3 Å². The monoisotopic (exact) mass is 228 g/mol. The summed E-state index contributed by atoms with van der Waals surface area (Å²) in [7, 11) is 0. The van der Waals surface area contributed by atoms with Gasteiger partial charge in [0, 0.05) is 6.07 Å². The molecule has 0 aromatic heterocycles. The number of hydrogen-bond donors (Lipinski definition) is 1. The Labute approximate surface area is 95.1 Å². The summed E-state index contributed by atoms with van der Waals surface area (Å²) >= 11 is 0. The second-order valence-electron chi connectivity index (χ2n) is 4.48. The van der Waals surface area contributed by atoms with Crippen molar-refractivity contribution in [1.82, 2.24) is 0 Å². The summed E-state index contributed by atoms with van der Waals surface area (Å²) in [5.41, 5.74) is 0.647. The van der Waals surface area contributed by atoms with Crippen molar-refractivity contribution in [2.45, 2.75) is 39.2 Å². The molecule has 0 saturated heterocycles. The van der Waals surface area contributed by atoms with E-state index in [1.165, 1.54) is 12.1 Å².